The van der Waals surface area contributed by atoms with Crippen molar-refractivity contribution in [2.45, 2.75) is 4.90 Å². The third-order valence-corrected chi connectivity index (χ3v) is 7.23. The van der Waals surface area contributed by atoms with Crippen molar-refractivity contribution < 1.29 is 18.3 Å². The predicted octanol–water partition coefficient (Wildman–Crippen LogP) is 1.67. The first-order valence-corrected chi connectivity index (χ1v) is 11.0. The van der Waals surface area contributed by atoms with Crippen LogP contribution in [0.1, 0.15) is 0 Å². The summed E-state index contributed by atoms with van der Waals surface area (Å²) >= 11 is -0.539. The Bertz CT molecular complexity index is 997. The number of sulfonamides is 1. The van der Waals surface area contributed by atoms with E-state index in [1.807, 2.05) is 12.1 Å². The van der Waals surface area contributed by atoms with Gasteiger partial charge < -0.3 is 0 Å². The second-order valence-corrected chi connectivity index (χ2v) is 9.41. The third kappa shape index (κ3) is 5.39. The minimum absolute atomic E-state index is 0. The van der Waals surface area contributed by atoms with Crippen LogP contribution in [0, 0.1) is 0 Å². The summed E-state index contributed by atoms with van der Waals surface area (Å²) in [5, 5.41) is 9.39. The van der Waals surface area contributed by atoms with Gasteiger partial charge in [-0.2, -0.15) is 0 Å². The van der Waals surface area contributed by atoms with Crippen LogP contribution in [0.2, 0.25) is 0 Å². The third-order valence-electron chi connectivity index (χ3n) is 3.49. The molecule has 0 bridgehead atoms. The summed E-state index contributed by atoms with van der Waals surface area (Å²) in [7, 11) is -2.21. The fraction of sp³-hybridized carbons (Fsp3) is 0.0556. The molecule has 0 aliphatic heterocycles. The number of methoxy groups -OCH3 is 1. The molecule has 6 nitrogen and oxygen atoms in total. The van der Waals surface area contributed by atoms with E-state index in [-0.39, 0.29) is 23.1 Å². The zero-order valence-electron chi connectivity index (χ0n) is 14.2. The van der Waals surface area contributed by atoms with Gasteiger partial charge >= 0.3 is 159 Å². The van der Waals surface area contributed by atoms with E-state index in [2.05, 4.69) is 9.71 Å². The van der Waals surface area contributed by atoms with Gasteiger partial charge in [0.1, 0.15) is 0 Å². The maximum atomic E-state index is 12.6. The van der Waals surface area contributed by atoms with Gasteiger partial charge in [-0.1, -0.05) is 0 Å². The number of rotatable bonds is 6. The maximum absolute atomic E-state index is 12.6. The molecule has 3 rings (SSSR count). The Kier molecular flexibility index (Phi) is 7.13. The molecule has 0 amide bonds. The zero-order valence-corrected chi connectivity index (χ0v) is 17.7. The largest absolute Gasteiger partial charge is 0.147 e. The minimum atomic E-state index is -3.73. The molecule has 0 unspecified atom stereocenters. The fourth-order valence-electron chi connectivity index (χ4n) is 2.17. The number of nitrogens with one attached hydrogen (secondary N) is 1. The molecule has 0 saturated carbocycles. The molecule has 0 atom stereocenters. The standard InChI is InChI=1S/C18H16AsN2O4S.ClH/c1-25-15-8-10-16(11-9-15)26(23,24)21-17-3-2-12-20-18(17)19-13-4-6-14(22)7-5-13;/h2-12,21-22H,1H3;1H. The number of aromatic hydroxyl groups is 1. The molecule has 0 aliphatic rings. The summed E-state index contributed by atoms with van der Waals surface area (Å²) in [5.74, 6) is 0.778. The maximum Gasteiger partial charge on any atom is -0.147 e. The molecular weight excluding hydrogens is 451 g/mol. The Balaban J connectivity index is 0.00000261. The molecule has 27 heavy (non-hydrogen) atoms. The van der Waals surface area contributed by atoms with Crippen LogP contribution in [0.4, 0.5) is 5.69 Å². The molecule has 0 spiro atoms. The zero-order chi connectivity index (χ0) is 18.6. The Labute approximate surface area is 170 Å². The summed E-state index contributed by atoms with van der Waals surface area (Å²) in [4.78, 5) is 4.48. The molecule has 1 radical (unpaired) electrons. The average Bonchev–Trinajstić information content (AvgIpc) is 2.65. The molecule has 1 heterocycles. The van der Waals surface area contributed by atoms with Crippen molar-refractivity contribution in [2.24, 2.45) is 0 Å². The number of nitrogens with zero attached hydrogens (tertiary/aromatic N) is 1. The van der Waals surface area contributed by atoms with Gasteiger partial charge in [0.05, 0.1) is 0 Å². The van der Waals surface area contributed by atoms with Crippen molar-refractivity contribution in [1.29, 1.82) is 0 Å². The number of pyridine rings is 1. The monoisotopic (exact) mass is 467 g/mol. The molecule has 141 valence electrons. The number of phenols is 1. The van der Waals surface area contributed by atoms with Crippen LogP contribution in [0.5, 0.6) is 11.5 Å². The molecule has 3 aromatic rings. The van der Waals surface area contributed by atoms with Gasteiger partial charge in [-0.15, -0.1) is 12.4 Å². The summed E-state index contributed by atoms with van der Waals surface area (Å²) < 4.78 is 34.7. The van der Waals surface area contributed by atoms with E-state index < -0.39 is 25.8 Å². The predicted molar refractivity (Wildman–Crippen MR) is 108 cm³/mol. The normalized spacial score (nSPS) is 11.1. The van der Waals surface area contributed by atoms with E-state index in [1.54, 1.807) is 42.6 Å². The number of aromatic nitrogens is 1. The summed E-state index contributed by atoms with van der Waals surface area (Å²) in [6, 6.07) is 16.4. The molecule has 2 N–H and O–H groups in total. The van der Waals surface area contributed by atoms with Crippen molar-refractivity contribution in [1.82, 2.24) is 4.98 Å². The molecule has 0 aliphatic carbocycles. The van der Waals surface area contributed by atoms with E-state index in [0.717, 1.165) is 4.35 Å². The van der Waals surface area contributed by atoms with Gasteiger partial charge in [0.25, 0.3) is 0 Å². The van der Waals surface area contributed by atoms with Crippen LogP contribution in [0.15, 0.2) is 71.8 Å². The molecule has 0 saturated heterocycles. The summed E-state index contributed by atoms with van der Waals surface area (Å²) in [6.45, 7) is 0. The van der Waals surface area contributed by atoms with Crippen LogP contribution in [0.25, 0.3) is 0 Å². The summed E-state index contributed by atoms with van der Waals surface area (Å²) in [6.07, 6.45) is 1.64. The Hall–Kier alpha value is -2.21. The molecule has 0 fully saturated rings. The first-order valence-electron chi connectivity index (χ1n) is 7.60. The molecular formula is C18H17AsClN2O4S. The number of benzene rings is 2. The van der Waals surface area contributed by atoms with Gasteiger partial charge in [-0.05, 0) is 0 Å². The second-order valence-electron chi connectivity index (χ2n) is 5.28. The van der Waals surface area contributed by atoms with Crippen LogP contribution >= 0.6 is 12.4 Å². The van der Waals surface area contributed by atoms with Gasteiger partial charge in [-0.3, -0.25) is 0 Å². The van der Waals surface area contributed by atoms with E-state index in [9.17, 15) is 13.5 Å². The van der Waals surface area contributed by atoms with Crippen LogP contribution in [-0.4, -0.2) is 41.4 Å². The fourth-order valence-corrected chi connectivity index (χ4v) is 5.33. The SMILES string of the molecule is COc1ccc(S(=O)(=O)Nc2cccnc2[As]c2ccc(O)cc2)cc1.Cl. The van der Waals surface area contributed by atoms with E-state index >= 15 is 0 Å². The van der Waals surface area contributed by atoms with Crippen molar-refractivity contribution in [3.8, 4) is 11.5 Å². The van der Waals surface area contributed by atoms with Crippen molar-refractivity contribution in [3.63, 3.8) is 0 Å². The number of ether oxygens (including phenoxy) is 1. The Morgan fingerprint density at radius 1 is 1.04 bits per heavy atom. The van der Waals surface area contributed by atoms with Crippen molar-refractivity contribution >= 4 is 52.7 Å². The van der Waals surface area contributed by atoms with Gasteiger partial charge in [0, 0.05) is 0 Å². The summed E-state index contributed by atoms with van der Waals surface area (Å²) in [5.41, 5.74) is 0.455. The number of hydrogen-bond acceptors (Lipinski definition) is 5. The minimum Gasteiger partial charge on any atom is -0.147 e. The second kappa shape index (κ2) is 9.13. The number of halogens is 1. The van der Waals surface area contributed by atoms with E-state index in [0.29, 0.717) is 15.9 Å². The molecule has 9 heteroatoms. The number of hydrogen-bond donors (Lipinski definition) is 2. The van der Waals surface area contributed by atoms with Gasteiger partial charge in [0.2, 0.25) is 0 Å². The van der Waals surface area contributed by atoms with Crippen molar-refractivity contribution in [2.75, 3.05) is 11.8 Å². The molecule has 2 aromatic carbocycles. The Morgan fingerprint density at radius 3 is 2.33 bits per heavy atom. The molecule has 1 aromatic heterocycles. The van der Waals surface area contributed by atoms with E-state index in [1.165, 1.54) is 19.2 Å². The first-order chi connectivity index (χ1) is 12.5. The van der Waals surface area contributed by atoms with Crippen molar-refractivity contribution in [3.05, 3.63) is 66.9 Å². The van der Waals surface area contributed by atoms with Crippen LogP contribution in [-0.2, 0) is 10.0 Å². The first kappa shape index (κ1) is 21.1. The van der Waals surface area contributed by atoms with E-state index in [4.69, 9.17) is 4.74 Å². The quantitative estimate of drug-likeness (QED) is 0.539. The average molecular weight is 468 g/mol. The van der Waals surface area contributed by atoms with Gasteiger partial charge in [-0.25, -0.2) is 0 Å². The topological polar surface area (TPSA) is 88.5 Å². The number of anilines is 1. The Morgan fingerprint density at radius 2 is 1.70 bits per heavy atom. The van der Waals surface area contributed by atoms with Crippen LogP contribution in [0.3, 0.4) is 0 Å². The van der Waals surface area contributed by atoms with Gasteiger partial charge in [0.15, 0.2) is 0 Å². The van der Waals surface area contributed by atoms with Crippen LogP contribution < -0.4 is 18.3 Å². The number of phenolic OH excluding ortho intramolecular Hbond substituents is 1. The smallest absolute Gasteiger partial charge is 0.147 e.